The summed E-state index contributed by atoms with van der Waals surface area (Å²) in [6.45, 7) is 13.9. The van der Waals surface area contributed by atoms with Crippen molar-refractivity contribution in [3.05, 3.63) is 141 Å². The minimum absolute atomic E-state index is 0.924. The highest BCUT2D eigenvalue weighted by atomic mass is 14.6. The van der Waals surface area contributed by atoms with Gasteiger partial charge in [0.2, 0.25) is 0 Å². The molecule has 0 bridgehead atoms. The molecule has 1 aromatic heterocycles. The third-order valence-electron chi connectivity index (χ3n) is 2.77. The van der Waals surface area contributed by atoms with Crippen molar-refractivity contribution in [2.45, 2.75) is 0 Å². The first-order valence-corrected chi connectivity index (χ1v) is 8.22. The lowest BCUT2D eigenvalue weighted by molar-refractivity contribution is 1.30. The number of hydrogen-bond donors (Lipinski definition) is 0. The van der Waals surface area contributed by atoms with Crippen molar-refractivity contribution in [2.24, 2.45) is 0 Å². The molecule has 0 radical (unpaired) electrons. The van der Waals surface area contributed by atoms with Gasteiger partial charge in [0.05, 0.1) is 5.69 Å². The number of rotatable bonds is 3. The van der Waals surface area contributed by atoms with E-state index in [9.17, 15) is 0 Å². The first-order valence-electron chi connectivity index (χ1n) is 8.22. The maximum atomic E-state index is 3.98. The van der Waals surface area contributed by atoms with Gasteiger partial charge >= 0.3 is 0 Å². The molecular weight excluding hydrogens is 314 g/mol. The highest BCUT2D eigenvalue weighted by Gasteiger charge is 1.77. The molecule has 0 N–H and O–H groups in total. The Morgan fingerprint density at radius 3 is 1.27 bits per heavy atom. The summed E-state index contributed by atoms with van der Waals surface area (Å²) in [5.74, 6) is 0. The van der Waals surface area contributed by atoms with Gasteiger partial charge in [0, 0.05) is 6.20 Å². The van der Waals surface area contributed by atoms with Crippen LogP contribution in [-0.4, -0.2) is 4.98 Å². The standard InChI is InChI=1S/C8H8.C7H7N.C6H6.C4H6/c1-2-8-6-4-3-5-7-8;1-2-7-5-3-4-6-8-7;1-2-4-6-5-3-1;1-3-4-2/h2-7H,1H2;2-6H,1H2;1-6H;3-4H,1-2H2. The van der Waals surface area contributed by atoms with Gasteiger partial charge < -0.3 is 0 Å². The summed E-state index contributed by atoms with van der Waals surface area (Å²) in [6.07, 6.45) is 8.58. The van der Waals surface area contributed by atoms with Gasteiger partial charge in [-0.2, -0.15) is 0 Å². The quantitative estimate of drug-likeness (QED) is 0.463. The van der Waals surface area contributed by atoms with Crippen LogP contribution in [0, 0.1) is 0 Å². The van der Waals surface area contributed by atoms with Gasteiger partial charge in [-0.05, 0) is 23.8 Å². The normalized spacial score (nSPS) is 7.85. The van der Waals surface area contributed by atoms with Crippen LogP contribution in [0.25, 0.3) is 12.2 Å². The summed E-state index contributed by atoms with van der Waals surface area (Å²) in [4.78, 5) is 3.98. The summed E-state index contributed by atoms with van der Waals surface area (Å²) in [7, 11) is 0. The van der Waals surface area contributed by atoms with Crippen molar-refractivity contribution >= 4 is 12.2 Å². The SMILES string of the molecule is C=CC=C.C=Cc1ccccc1.C=Cc1ccccn1.c1ccccc1. The van der Waals surface area contributed by atoms with Gasteiger partial charge in [0.25, 0.3) is 0 Å². The number of nitrogens with zero attached hydrogens (tertiary/aromatic N) is 1. The Kier molecular flexibility index (Phi) is 15.5. The molecule has 3 rings (SSSR count). The fraction of sp³-hybridized carbons (Fsp3) is 0. The highest BCUT2D eigenvalue weighted by Crippen LogP contribution is 1.97. The number of aromatic nitrogens is 1. The van der Waals surface area contributed by atoms with E-state index in [1.807, 2.05) is 91.0 Å². The van der Waals surface area contributed by atoms with E-state index >= 15 is 0 Å². The number of hydrogen-bond acceptors (Lipinski definition) is 1. The first-order chi connectivity index (χ1) is 12.8. The largest absolute Gasteiger partial charge is 0.257 e. The average Bonchev–Trinajstić information content (AvgIpc) is 2.77. The van der Waals surface area contributed by atoms with Crippen LogP contribution in [0.1, 0.15) is 11.3 Å². The molecule has 0 fully saturated rings. The first kappa shape index (κ1) is 22.6. The maximum absolute atomic E-state index is 3.98. The molecule has 0 saturated heterocycles. The van der Waals surface area contributed by atoms with E-state index in [0.717, 1.165) is 5.69 Å². The molecule has 1 heterocycles. The lowest BCUT2D eigenvalue weighted by Gasteiger charge is -1.85. The topological polar surface area (TPSA) is 12.9 Å². The predicted molar refractivity (Wildman–Crippen MR) is 118 cm³/mol. The van der Waals surface area contributed by atoms with Crippen LogP contribution in [-0.2, 0) is 0 Å². The summed E-state index contributed by atoms with van der Waals surface area (Å²) in [6, 6.07) is 27.8. The van der Waals surface area contributed by atoms with Crippen molar-refractivity contribution in [3.63, 3.8) is 0 Å². The fourth-order valence-electron chi connectivity index (χ4n) is 1.47. The van der Waals surface area contributed by atoms with Crippen LogP contribution in [0.2, 0.25) is 0 Å². The molecule has 0 saturated carbocycles. The van der Waals surface area contributed by atoms with Crippen molar-refractivity contribution in [1.29, 1.82) is 0 Å². The zero-order valence-corrected chi connectivity index (χ0v) is 15.2. The van der Waals surface area contributed by atoms with Gasteiger partial charge in [-0.3, -0.25) is 4.98 Å². The molecular formula is C25H27N. The van der Waals surface area contributed by atoms with Crippen LogP contribution < -0.4 is 0 Å². The molecule has 0 atom stereocenters. The van der Waals surface area contributed by atoms with Gasteiger partial charge in [-0.15, -0.1) is 0 Å². The van der Waals surface area contributed by atoms with Crippen LogP contribution in [0.4, 0.5) is 0 Å². The third kappa shape index (κ3) is 14.2. The second-order valence-corrected chi connectivity index (χ2v) is 4.70. The Morgan fingerprint density at radius 2 is 1.00 bits per heavy atom. The van der Waals surface area contributed by atoms with E-state index in [-0.39, 0.29) is 0 Å². The van der Waals surface area contributed by atoms with Crippen LogP contribution in [0.3, 0.4) is 0 Å². The Labute approximate surface area is 158 Å². The second-order valence-electron chi connectivity index (χ2n) is 4.70. The van der Waals surface area contributed by atoms with E-state index in [2.05, 4.69) is 31.3 Å². The Bertz CT molecular complexity index is 625. The highest BCUT2D eigenvalue weighted by molar-refractivity contribution is 5.45. The maximum Gasteiger partial charge on any atom is 0.0623 e. The van der Waals surface area contributed by atoms with Gasteiger partial charge in [0.1, 0.15) is 0 Å². The van der Waals surface area contributed by atoms with Gasteiger partial charge in [0.15, 0.2) is 0 Å². The van der Waals surface area contributed by atoms with Crippen LogP contribution in [0.15, 0.2) is 130 Å². The van der Waals surface area contributed by atoms with E-state index in [1.54, 1.807) is 24.4 Å². The molecule has 0 aliphatic heterocycles. The zero-order chi connectivity index (χ0) is 19.3. The van der Waals surface area contributed by atoms with Crippen molar-refractivity contribution in [1.82, 2.24) is 4.98 Å². The van der Waals surface area contributed by atoms with E-state index in [0.29, 0.717) is 0 Å². The van der Waals surface area contributed by atoms with Crippen molar-refractivity contribution < 1.29 is 0 Å². The third-order valence-corrected chi connectivity index (χ3v) is 2.77. The number of benzene rings is 2. The summed E-state index contributed by atoms with van der Waals surface area (Å²) in [5, 5.41) is 0. The molecule has 0 aliphatic rings. The molecule has 3 aromatic rings. The molecule has 0 amide bonds. The number of allylic oxidation sites excluding steroid dienone is 2. The van der Waals surface area contributed by atoms with Crippen LogP contribution in [0.5, 0.6) is 0 Å². The van der Waals surface area contributed by atoms with Crippen molar-refractivity contribution in [2.75, 3.05) is 0 Å². The monoisotopic (exact) mass is 341 g/mol. The molecule has 26 heavy (non-hydrogen) atoms. The summed E-state index contributed by atoms with van der Waals surface area (Å²) < 4.78 is 0. The average molecular weight is 341 g/mol. The lowest BCUT2D eigenvalue weighted by atomic mass is 10.2. The Morgan fingerprint density at radius 1 is 0.538 bits per heavy atom. The van der Waals surface area contributed by atoms with E-state index in [1.165, 1.54) is 5.56 Å². The number of pyridine rings is 1. The zero-order valence-electron chi connectivity index (χ0n) is 15.2. The predicted octanol–water partition coefficient (Wildman–Crippen LogP) is 7.10. The Hall–Kier alpha value is -3.45. The van der Waals surface area contributed by atoms with Gasteiger partial charge in [-0.1, -0.05) is 117 Å². The van der Waals surface area contributed by atoms with Gasteiger partial charge in [-0.25, -0.2) is 0 Å². The molecule has 1 nitrogen and oxygen atoms in total. The van der Waals surface area contributed by atoms with E-state index < -0.39 is 0 Å². The minimum Gasteiger partial charge on any atom is -0.257 e. The molecule has 0 spiro atoms. The fourth-order valence-corrected chi connectivity index (χ4v) is 1.47. The molecule has 2 aromatic carbocycles. The smallest absolute Gasteiger partial charge is 0.0623 e. The summed E-state index contributed by atoms with van der Waals surface area (Å²) in [5.41, 5.74) is 2.10. The summed E-state index contributed by atoms with van der Waals surface area (Å²) >= 11 is 0. The molecule has 1 heteroatoms. The lowest BCUT2D eigenvalue weighted by Crippen LogP contribution is -1.73. The molecule has 0 unspecified atom stereocenters. The van der Waals surface area contributed by atoms with Crippen LogP contribution >= 0.6 is 0 Å². The molecule has 0 aliphatic carbocycles. The minimum atomic E-state index is 0.924. The van der Waals surface area contributed by atoms with E-state index in [4.69, 9.17) is 0 Å². The Balaban J connectivity index is 0.000000331. The second kappa shape index (κ2) is 17.9. The molecule has 132 valence electrons. The van der Waals surface area contributed by atoms with Crippen molar-refractivity contribution in [3.8, 4) is 0 Å².